The van der Waals surface area contributed by atoms with E-state index in [0.717, 1.165) is 11.1 Å². The maximum Gasteiger partial charge on any atom is 0.335 e. The molecule has 0 saturated carbocycles. The lowest BCUT2D eigenvalue weighted by Crippen LogP contribution is -2.15. The van der Waals surface area contributed by atoms with Crippen molar-refractivity contribution in [2.45, 2.75) is 6.92 Å². The molecule has 35 heavy (non-hydrogen) atoms. The molecule has 1 aromatic heterocycles. The molecule has 0 saturated heterocycles. The largest absolute Gasteiger partial charge is 0.478 e. The van der Waals surface area contributed by atoms with Gasteiger partial charge in [0.25, 0.3) is 5.91 Å². The van der Waals surface area contributed by atoms with Crippen LogP contribution in [0.2, 0.25) is 5.02 Å². The van der Waals surface area contributed by atoms with E-state index in [1.807, 2.05) is 18.2 Å². The maximum absolute atomic E-state index is 13.7. The van der Waals surface area contributed by atoms with Crippen molar-refractivity contribution in [3.63, 3.8) is 0 Å². The number of carbonyl (C=O) groups is 2. The third-order valence-electron chi connectivity index (χ3n) is 5.89. The fourth-order valence-electron chi connectivity index (χ4n) is 4.08. The van der Waals surface area contributed by atoms with Crippen LogP contribution in [0.25, 0.3) is 33.3 Å². The predicted octanol–water partition coefficient (Wildman–Crippen LogP) is 6.86. The molecule has 0 fully saturated rings. The number of aryl methyl sites for hydroxylation is 1. The van der Waals surface area contributed by atoms with Crippen LogP contribution in [0, 0.1) is 12.7 Å². The number of carboxylic acid groups (broad SMARTS) is 1. The number of hydrogen-bond donors (Lipinski definition) is 1. The summed E-state index contributed by atoms with van der Waals surface area (Å²) in [6.07, 6.45) is 0. The van der Waals surface area contributed by atoms with Crippen LogP contribution in [-0.4, -0.2) is 26.8 Å². The van der Waals surface area contributed by atoms with Gasteiger partial charge in [-0.25, -0.2) is 9.18 Å². The Labute approximate surface area is 205 Å². The Kier molecular flexibility index (Phi) is 5.67. The lowest BCUT2D eigenvalue weighted by atomic mass is 10.0. The second-order valence-electron chi connectivity index (χ2n) is 8.12. The molecule has 0 amide bonds. The number of aromatic carboxylic acids is 1. The summed E-state index contributed by atoms with van der Waals surface area (Å²) in [4.78, 5) is 24.9. The number of carboxylic acids is 1. The van der Waals surface area contributed by atoms with Crippen LogP contribution in [0.15, 0.2) is 84.9 Å². The van der Waals surface area contributed by atoms with Gasteiger partial charge in [0.2, 0.25) is 0 Å². The Bertz CT molecular complexity index is 1590. The van der Waals surface area contributed by atoms with Crippen LogP contribution >= 0.6 is 11.6 Å². The molecule has 4 aromatic carbocycles. The Morgan fingerprint density at radius 1 is 0.886 bits per heavy atom. The summed E-state index contributed by atoms with van der Waals surface area (Å²) in [5.41, 5.74) is 4.53. The van der Waals surface area contributed by atoms with Crippen molar-refractivity contribution in [3.8, 4) is 22.4 Å². The van der Waals surface area contributed by atoms with Crippen molar-refractivity contribution in [1.29, 1.82) is 0 Å². The first-order valence-electron chi connectivity index (χ1n) is 10.8. The third-order valence-corrected chi connectivity index (χ3v) is 6.21. The molecule has 0 unspecified atom stereocenters. The van der Waals surface area contributed by atoms with Gasteiger partial charge in [-0.3, -0.25) is 4.79 Å². The molecule has 0 aliphatic heterocycles. The summed E-state index contributed by atoms with van der Waals surface area (Å²) in [7, 11) is 0. The summed E-state index contributed by atoms with van der Waals surface area (Å²) in [6.45, 7) is 1.81. The smallest absolute Gasteiger partial charge is 0.335 e. The maximum atomic E-state index is 13.7. The van der Waals surface area contributed by atoms with Crippen LogP contribution in [0.3, 0.4) is 0 Å². The van der Waals surface area contributed by atoms with E-state index in [2.05, 4.69) is 5.10 Å². The number of nitrogens with zero attached hydrogens (tertiary/aromatic N) is 2. The average Bonchev–Trinajstić information content (AvgIpc) is 3.23. The van der Waals surface area contributed by atoms with Gasteiger partial charge in [-0.2, -0.15) is 9.78 Å². The zero-order valence-corrected chi connectivity index (χ0v) is 19.3. The van der Waals surface area contributed by atoms with Gasteiger partial charge >= 0.3 is 5.97 Å². The molecule has 1 N–H and O–H groups in total. The van der Waals surface area contributed by atoms with Gasteiger partial charge in [0, 0.05) is 10.9 Å². The number of hydrogen-bond acceptors (Lipinski definition) is 3. The van der Waals surface area contributed by atoms with E-state index in [0.29, 0.717) is 38.3 Å². The van der Waals surface area contributed by atoms with Crippen LogP contribution in [0.4, 0.5) is 4.39 Å². The zero-order chi connectivity index (χ0) is 24.7. The first-order valence-corrected chi connectivity index (χ1v) is 11.1. The minimum atomic E-state index is -1.03. The summed E-state index contributed by atoms with van der Waals surface area (Å²) in [5.74, 6) is -1.75. The summed E-state index contributed by atoms with van der Waals surface area (Å²) >= 11 is 6.39. The Hall–Kier alpha value is -4.29. The molecule has 7 heteroatoms. The van der Waals surface area contributed by atoms with Crippen molar-refractivity contribution < 1.29 is 19.1 Å². The van der Waals surface area contributed by atoms with Gasteiger partial charge in [0.1, 0.15) is 11.5 Å². The zero-order valence-electron chi connectivity index (χ0n) is 18.5. The molecule has 5 aromatic rings. The minimum Gasteiger partial charge on any atom is -0.478 e. The number of carbonyl (C=O) groups excluding carboxylic acids is 1. The average molecular weight is 485 g/mol. The molecular weight excluding hydrogens is 467 g/mol. The monoisotopic (exact) mass is 484 g/mol. The molecule has 1 heterocycles. The van der Waals surface area contributed by atoms with Crippen molar-refractivity contribution in [2.24, 2.45) is 0 Å². The van der Waals surface area contributed by atoms with Crippen LogP contribution in [0.1, 0.15) is 26.3 Å². The second kappa shape index (κ2) is 8.81. The number of rotatable bonds is 4. The number of benzene rings is 4. The van der Waals surface area contributed by atoms with Gasteiger partial charge in [0.15, 0.2) is 0 Å². The molecule has 0 atom stereocenters. The lowest BCUT2D eigenvalue weighted by molar-refractivity contribution is 0.0696. The van der Waals surface area contributed by atoms with E-state index in [1.165, 1.54) is 28.9 Å². The highest BCUT2D eigenvalue weighted by Gasteiger charge is 2.22. The van der Waals surface area contributed by atoms with Gasteiger partial charge in [-0.1, -0.05) is 54.1 Å². The van der Waals surface area contributed by atoms with Crippen molar-refractivity contribution in [1.82, 2.24) is 9.78 Å². The molecule has 172 valence electrons. The topological polar surface area (TPSA) is 72.2 Å². The standard InChI is InChI=1S/C28H18ClFN2O3/c1-16-3-2-4-23(29)25(16)27(33)32-24-15-20(17-9-12-21(30)13-10-17)11-14-22(24)26(31-32)18-5-7-19(8-6-18)28(34)35/h2-15H,1H3,(H,34,35). The summed E-state index contributed by atoms with van der Waals surface area (Å²) in [5, 5.41) is 14.9. The SMILES string of the molecule is Cc1cccc(Cl)c1C(=O)n1nc(-c2ccc(C(=O)O)cc2)c2ccc(-c3ccc(F)cc3)cc21. The van der Waals surface area contributed by atoms with Gasteiger partial charge < -0.3 is 5.11 Å². The quantitative estimate of drug-likeness (QED) is 0.302. The van der Waals surface area contributed by atoms with Gasteiger partial charge in [-0.05, 0) is 66.1 Å². The second-order valence-corrected chi connectivity index (χ2v) is 8.53. The third kappa shape index (κ3) is 4.09. The van der Waals surface area contributed by atoms with E-state index < -0.39 is 5.97 Å². The highest BCUT2D eigenvalue weighted by Crippen LogP contribution is 2.33. The Morgan fingerprint density at radius 3 is 2.20 bits per heavy atom. The lowest BCUT2D eigenvalue weighted by Gasteiger charge is -2.09. The molecule has 0 bridgehead atoms. The Balaban J connectivity index is 1.73. The van der Waals surface area contributed by atoms with Crippen molar-refractivity contribution in [3.05, 3.63) is 112 Å². The molecular formula is C28H18ClFN2O3. The molecule has 0 radical (unpaired) electrons. The van der Waals surface area contributed by atoms with Crippen LogP contribution in [-0.2, 0) is 0 Å². The van der Waals surface area contributed by atoms with Gasteiger partial charge in [0.05, 0.1) is 21.7 Å². The number of aromatic nitrogens is 2. The molecule has 5 rings (SSSR count). The van der Waals surface area contributed by atoms with E-state index in [9.17, 15) is 19.1 Å². The molecule has 5 nitrogen and oxygen atoms in total. The van der Waals surface area contributed by atoms with E-state index >= 15 is 0 Å². The first kappa shape index (κ1) is 22.5. The summed E-state index contributed by atoms with van der Waals surface area (Å²) < 4.78 is 14.8. The highest BCUT2D eigenvalue weighted by atomic mass is 35.5. The Morgan fingerprint density at radius 2 is 1.54 bits per heavy atom. The molecule has 0 spiro atoms. The van der Waals surface area contributed by atoms with Crippen molar-refractivity contribution in [2.75, 3.05) is 0 Å². The first-order chi connectivity index (χ1) is 16.8. The van der Waals surface area contributed by atoms with E-state index in [4.69, 9.17) is 11.6 Å². The van der Waals surface area contributed by atoms with E-state index in [1.54, 1.807) is 49.4 Å². The van der Waals surface area contributed by atoms with E-state index in [-0.39, 0.29) is 17.3 Å². The fraction of sp³-hybridized carbons (Fsp3) is 0.0357. The van der Waals surface area contributed by atoms with Gasteiger partial charge in [-0.15, -0.1) is 0 Å². The molecule has 0 aliphatic carbocycles. The highest BCUT2D eigenvalue weighted by molar-refractivity contribution is 6.34. The summed E-state index contributed by atoms with van der Waals surface area (Å²) in [6, 6.07) is 23.2. The van der Waals surface area contributed by atoms with Crippen LogP contribution in [0.5, 0.6) is 0 Å². The van der Waals surface area contributed by atoms with Crippen molar-refractivity contribution >= 4 is 34.4 Å². The van der Waals surface area contributed by atoms with Crippen LogP contribution < -0.4 is 0 Å². The predicted molar refractivity (Wildman–Crippen MR) is 133 cm³/mol. The number of fused-ring (bicyclic) bond motifs is 1. The molecule has 0 aliphatic rings. The normalized spacial score (nSPS) is 11.1. The fourth-order valence-corrected chi connectivity index (χ4v) is 4.39. The minimum absolute atomic E-state index is 0.152. The number of halogens is 2.